The predicted octanol–water partition coefficient (Wildman–Crippen LogP) is 1.20. The van der Waals surface area contributed by atoms with Crippen molar-refractivity contribution in [3.8, 4) is 17.1 Å². The zero-order valence-corrected chi connectivity index (χ0v) is 15.5. The highest BCUT2D eigenvalue weighted by molar-refractivity contribution is 5.93. The monoisotopic (exact) mass is 389 g/mol. The van der Waals surface area contributed by atoms with E-state index >= 15 is 0 Å². The van der Waals surface area contributed by atoms with Crippen LogP contribution in [-0.2, 0) is 19.5 Å². The first-order valence-electron chi connectivity index (χ1n) is 8.35. The molecular formula is C17H20ClN7O2. The third kappa shape index (κ3) is 3.93. The molecule has 3 aromatic rings. The van der Waals surface area contributed by atoms with Crippen LogP contribution < -0.4 is 15.4 Å². The van der Waals surface area contributed by atoms with Crippen LogP contribution in [0.2, 0.25) is 0 Å². The van der Waals surface area contributed by atoms with E-state index in [2.05, 4.69) is 36.0 Å². The number of methoxy groups -OCH3 is 1. The van der Waals surface area contributed by atoms with E-state index in [1.807, 2.05) is 24.3 Å². The molecule has 27 heavy (non-hydrogen) atoms. The number of ether oxygens (including phenoxy) is 1. The minimum atomic E-state index is -0.228. The molecule has 0 radical (unpaired) electrons. The minimum absolute atomic E-state index is 0. The second kappa shape index (κ2) is 8.19. The van der Waals surface area contributed by atoms with Gasteiger partial charge in [-0.25, -0.2) is 4.98 Å². The van der Waals surface area contributed by atoms with Crippen LogP contribution in [-0.4, -0.2) is 44.9 Å². The molecule has 1 aromatic carbocycles. The molecule has 0 aliphatic carbocycles. The van der Waals surface area contributed by atoms with Gasteiger partial charge in [0.2, 0.25) is 0 Å². The summed E-state index contributed by atoms with van der Waals surface area (Å²) in [6.07, 6.45) is 0.850. The zero-order chi connectivity index (χ0) is 17.9. The van der Waals surface area contributed by atoms with Gasteiger partial charge in [-0.2, -0.15) is 10.2 Å². The number of rotatable bonds is 5. The number of aromatic nitrogens is 5. The largest absolute Gasteiger partial charge is 0.497 e. The van der Waals surface area contributed by atoms with Gasteiger partial charge in [-0.1, -0.05) is 0 Å². The van der Waals surface area contributed by atoms with Gasteiger partial charge in [0.05, 0.1) is 13.7 Å². The van der Waals surface area contributed by atoms with Crippen molar-refractivity contribution in [2.45, 2.75) is 19.5 Å². The van der Waals surface area contributed by atoms with E-state index in [0.717, 1.165) is 35.5 Å². The molecule has 0 spiro atoms. The Morgan fingerprint density at radius 2 is 2.04 bits per heavy atom. The summed E-state index contributed by atoms with van der Waals surface area (Å²) in [5.74, 6) is 1.69. The number of aromatic amines is 2. The summed E-state index contributed by atoms with van der Waals surface area (Å²) in [4.78, 5) is 16.8. The van der Waals surface area contributed by atoms with Gasteiger partial charge in [-0.15, -0.1) is 12.4 Å². The van der Waals surface area contributed by atoms with Crippen LogP contribution in [0, 0.1) is 0 Å². The molecule has 3 heterocycles. The Bertz CT molecular complexity index is 920. The van der Waals surface area contributed by atoms with E-state index in [9.17, 15) is 4.79 Å². The summed E-state index contributed by atoms with van der Waals surface area (Å²) in [6.45, 7) is 1.79. The summed E-state index contributed by atoms with van der Waals surface area (Å²) in [7, 11) is 1.62. The molecule has 0 unspecified atom stereocenters. The Kier molecular flexibility index (Phi) is 5.72. The number of nitrogens with zero attached hydrogens (tertiary/aromatic N) is 3. The maximum atomic E-state index is 12.4. The molecule has 1 amide bonds. The van der Waals surface area contributed by atoms with E-state index in [4.69, 9.17) is 4.74 Å². The normalized spacial score (nSPS) is 12.8. The van der Waals surface area contributed by atoms with Crippen molar-refractivity contribution >= 4 is 18.3 Å². The number of hydrogen-bond donors (Lipinski definition) is 4. The topological polar surface area (TPSA) is 121 Å². The van der Waals surface area contributed by atoms with Crippen LogP contribution in [0.5, 0.6) is 5.75 Å². The highest BCUT2D eigenvalue weighted by Crippen LogP contribution is 2.19. The van der Waals surface area contributed by atoms with E-state index in [1.165, 1.54) is 0 Å². The summed E-state index contributed by atoms with van der Waals surface area (Å²) in [6, 6.07) is 7.46. The number of carbonyl (C=O) groups excluding carboxylic acids is 1. The third-order valence-electron chi connectivity index (χ3n) is 4.32. The van der Waals surface area contributed by atoms with E-state index in [0.29, 0.717) is 23.9 Å². The first-order chi connectivity index (χ1) is 12.7. The SMILES string of the molecule is COc1ccc(-c2n[nH]c(CNC(=O)c3n[nH]c4c3CNCC4)n2)cc1.Cl. The van der Waals surface area contributed by atoms with E-state index in [1.54, 1.807) is 7.11 Å². The second-order valence-corrected chi connectivity index (χ2v) is 5.97. The van der Waals surface area contributed by atoms with Crippen LogP contribution in [0.3, 0.4) is 0 Å². The van der Waals surface area contributed by atoms with Crippen molar-refractivity contribution < 1.29 is 9.53 Å². The highest BCUT2D eigenvalue weighted by Gasteiger charge is 2.21. The summed E-state index contributed by atoms with van der Waals surface area (Å²) in [5, 5.41) is 20.2. The number of fused-ring (bicyclic) bond motifs is 1. The van der Waals surface area contributed by atoms with Gasteiger partial charge in [-0.3, -0.25) is 15.0 Å². The van der Waals surface area contributed by atoms with Crippen LogP contribution in [0.15, 0.2) is 24.3 Å². The first kappa shape index (κ1) is 18.9. The fourth-order valence-electron chi connectivity index (χ4n) is 2.90. The van der Waals surface area contributed by atoms with Gasteiger partial charge in [-0.05, 0) is 24.3 Å². The molecule has 142 valence electrons. The number of benzene rings is 1. The average molecular weight is 390 g/mol. The van der Waals surface area contributed by atoms with Gasteiger partial charge in [0.25, 0.3) is 5.91 Å². The summed E-state index contributed by atoms with van der Waals surface area (Å²) < 4.78 is 5.14. The minimum Gasteiger partial charge on any atom is -0.497 e. The lowest BCUT2D eigenvalue weighted by Gasteiger charge is -2.12. The van der Waals surface area contributed by atoms with Crippen molar-refractivity contribution in [1.82, 2.24) is 36.0 Å². The maximum Gasteiger partial charge on any atom is 0.272 e. The van der Waals surface area contributed by atoms with Crippen molar-refractivity contribution in [1.29, 1.82) is 0 Å². The van der Waals surface area contributed by atoms with Crippen LogP contribution >= 0.6 is 12.4 Å². The van der Waals surface area contributed by atoms with Gasteiger partial charge in [0, 0.05) is 36.3 Å². The molecule has 1 aliphatic heterocycles. The average Bonchev–Trinajstić information content (AvgIpc) is 3.33. The Hall–Kier alpha value is -2.91. The molecule has 4 N–H and O–H groups in total. The molecule has 2 aromatic heterocycles. The lowest BCUT2D eigenvalue weighted by Crippen LogP contribution is -2.28. The molecule has 0 saturated heterocycles. The summed E-state index contributed by atoms with van der Waals surface area (Å²) >= 11 is 0. The van der Waals surface area contributed by atoms with Crippen LogP contribution in [0.25, 0.3) is 11.4 Å². The molecule has 0 bridgehead atoms. The maximum absolute atomic E-state index is 12.4. The molecule has 0 atom stereocenters. The van der Waals surface area contributed by atoms with Gasteiger partial charge < -0.3 is 15.4 Å². The number of H-pyrrole nitrogens is 2. The zero-order valence-electron chi connectivity index (χ0n) is 14.7. The van der Waals surface area contributed by atoms with Crippen molar-refractivity contribution in [3.63, 3.8) is 0 Å². The number of amides is 1. The van der Waals surface area contributed by atoms with Crippen molar-refractivity contribution in [2.75, 3.05) is 13.7 Å². The number of hydrogen-bond acceptors (Lipinski definition) is 6. The number of carbonyl (C=O) groups is 1. The number of halogens is 1. The van der Waals surface area contributed by atoms with Crippen molar-refractivity contribution in [3.05, 3.63) is 47.0 Å². The Morgan fingerprint density at radius 1 is 1.22 bits per heavy atom. The molecule has 4 rings (SSSR count). The third-order valence-corrected chi connectivity index (χ3v) is 4.32. The second-order valence-electron chi connectivity index (χ2n) is 5.97. The molecule has 9 nitrogen and oxygen atoms in total. The molecule has 10 heteroatoms. The van der Waals surface area contributed by atoms with Crippen molar-refractivity contribution in [2.24, 2.45) is 0 Å². The van der Waals surface area contributed by atoms with Gasteiger partial charge in [0.15, 0.2) is 11.5 Å². The Morgan fingerprint density at radius 3 is 2.81 bits per heavy atom. The smallest absolute Gasteiger partial charge is 0.272 e. The predicted molar refractivity (Wildman–Crippen MR) is 101 cm³/mol. The molecular weight excluding hydrogens is 370 g/mol. The van der Waals surface area contributed by atoms with Gasteiger partial charge in [0.1, 0.15) is 11.6 Å². The van der Waals surface area contributed by atoms with Crippen LogP contribution in [0.4, 0.5) is 0 Å². The Labute approximate surface area is 161 Å². The highest BCUT2D eigenvalue weighted by atomic mass is 35.5. The lowest BCUT2D eigenvalue weighted by molar-refractivity contribution is 0.0943. The number of nitrogens with one attached hydrogen (secondary N) is 4. The Balaban J connectivity index is 0.00000210. The van der Waals surface area contributed by atoms with E-state index < -0.39 is 0 Å². The lowest BCUT2D eigenvalue weighted by atomic mass is 10.1. The fraction of sp³-hybridized carbons (Fsp3) is 0.294. The van der Waals surface area contributed by atoms with E-state index in [-0.39, 0.29) is 24.9 Å². The molecule has 0 saturated carbocycles. The van der Waals surface area contributed by atoms with Crippen LogP contribution in [0.1, 0.15) is 27.6 Å². The first-order valence-corrected chi connectivity index (χ1v) is 8.35. The van der Waals surface area contributed by atoms with Gasteiger partial charge >= 0.3 is 0 Å². The standard InChI is InChI=1S/C17H19N7O2.ClH/c1-26-11-4-2-10(3-5-11)16-20-14(22-24-16)9-19-17(25)15-12-8-18-7-6-13(12)21-23-15;/h2-5,18H,6-9H2,1H3,(H,19,25)(H,21,23)(H,20,22,24);1H. The quantitative estimate of drug-likeness (QED) is 0.520. The molecule has 1 aliphatic rings. The molecule has 0 fully saturated rings. The summed E-state index contributed by atoms with van der Waals surface area (Å²) in [5.41, 5.74) is 3.26. The fourth-order valence-corrected chi connectivity index (χ4v) is 2.90.